The van der Waals surface area contributed by atoms with E-state index in [-0.39, 0.29) is 0 Å². The molecule has 0 spiro atoms. The van der Waals surface area contributed by atoms with Crippen LogP contribution in [0.15, 0.2) is 0 Å². The summed E-state index contributed by atoms with van der Waals surface area (Å²) in [7, 11) is 0. The van der Waals surface area contributed by atoms with Gasteiger partial charge in [0.05, 0.1) is 0 Å². The zero-order valence-electron chi connectivity index (χ0n) is 8.00. The second-order valence-electron chi connectivity index (χ2n) is 5.02. The molecule has 0 bridgehead atoms. The Hall–Kier alpha value is -0.0400. The molecular formula is C11H19N. The molecule has 0 aromatic heterocycles. The van der Waals surface area contributed by atoms with Crippen molar-refractivity contribution >= 4 is 0 Å². The SMILES string of the molecule is C[C@@H]1CC[C@@H]2C[C@H]3CCC[C@@H]3N21. The first-order chi connectivity index (χ1) is 5.86. The smallest absolute Gasteiger partial charge is 0.0130 e. The molecule has 1 heteroatoms. The van der Waals surface area contributed by atoms with Crippen LogP contribution in [0.5, 0.6) is 0 Å². The van der Waals surface area contributed by atoms with Crippen molar-refractivity contribution in [1.82, 2.24) is 4.90 Å². The first-order valence-corrected chi connectivity index (χ1v) is 5.63. The lowest BCUT2D eigenvalue weighted by atomic mass is 9.99. The van der Waals surface area contributed by atoms with E-state index in [0.717, 1.165) is 24.0 Å². The lowest BCUT2D eigenvalue weighted by Crippen LogP contribution is -2.36. The van der Waals surface area contributed by atoms with Crippen LogP contribution in [0.25, 0.3) is 0 Å². The highest BCUT2D eigenvalue weighted by Crippen LogP contribution is 2.46. The Kier molecular flexibility index (Phi) is 1.52. The molecule has 0 aromatic rings. The zero-order valence-corrected chi connectivity index (χ0v) is 8.00. The summed E-state index contributed by atoms with van der Waals surface area (Å²) in [6, 6.07) is 2.91. The van der Waals surface area contributed by atoms with E-state index in [9.17, 15) is 0 Å². The molecule has 0 radical (unpaired) electrons. The van der Waals surface area contributed by atoms with Crippen LogP contribution >= 0.6 is 0 Å². The summed E-state index contributed by atoms with van der Waals surface area (Å²) in [5.41, 5.74) is 0. The van der Waals surface area contributed by atoms with Gasteiger partial charge in [-0.2, -0.15) is 0 Å². The quantitative estimate of drug-likeness (QED) is 0.533. The fourth-order valence-electron chi connectivity index (χ4n) is 3.96. The van der Waals surface area contributed by atoms with E-state index in [4.69, 9.17) is 0 Å². The highest BCUT2D eigenvalue weighted by atomic mass is 15.3. The first-order valence-electron chi connectivity index (χ1n) is 5.63. The molecule has 2 heterocycles. The van der Waals surface area contributed by atoms with E-state index in [0.29, 0.717) is 0 Å². The van der Waals surface area contributed by atoms with Crippen molar-refractivity contribution in [3.8, 4) is 0 Å². The number of hydrogen-bond acceptors (Lipinski definition) is 1. The van der Waals surface area contributed by atoms with Gasteiger partial charge in [0.25, 0.3) is 0 Å². The van der Waals surface area contributed by atoms with E-state index < -0.39 is 0 Å². The first kappa shape index (κ1) is 7.37. The molecule has 3 fully saturated rings. The van der Waals surface area contributed by atoms with E-state index >= 15 is 0 Å². The Morgan fingerprint density at radius 1 is 1.08 bits per heavy atom. The van der Waals surface area contributed by atoms with E-state index in [1.165, 1.54) is 38.5 Å². The van der Waals surface area contributed by atoms with E-state index in [2.05, 4.69) is 11.8 Å². The van der Waals surface area contributed by atoms with Crippen molar-refractivity contribution in [1.29, 1.82) is 0 Å². The number of fused-ring (bicyclic) bond motifs is 3. The Balaban J connectivity index is 1.85. The van der Waals surface area contributed by atoms with Gasteiger partial charge in [0, 0.05) is 18.1 Å². The molecule has 1 saturated carbocycles. The molecule has 3 rings (SSSR count). The van der Waals surface area contributed by atoms with Crippen LogP contribution in [0.1, 0.15) is 45.4 Å². The molecule has 1 nitrogen and oxygen atoms in total. The number of nitrogens with zero attached hydrogens (tertiary/aromatic N) is 1. The molecular weight excluding hydrogens is 146 g/mol. The second kappa shape index (κ2) is 2.47. The predicted molar refractivity (Wildman–Crippen MR) is 50.1 cm³/mol. The maximum atomic E-state index is 2.86. The van der Waals surface area contributed by atoms with Crippen molar-refractivity contribution in [2.75, 3.05) is 0 Å². The van der Waals surface area contributed by atoms with Gasteiger partial charge in [0.1, 0.15) is 0 Å². The zero-order chi connectivity index (χ0) is 8.13. The minimum atomic E-state index is 0.906. The molecule has 12 heavy (non-hydrogen) atoms. The molecule has 1 aliphatic carbocycles. The lowest BCUT2D eigenvalue weighted by molar-refractivity contribution is 0.184. The lowest BCUT2D eigenvalue weighted by Gasteiger charge is -2.27. The Labute approximate surface area is 75.1 Å². The highest BCUT2D eigenvalue weighted by molar-refractivity contribution is 5.02. The molecule has 68 valence electrons. The summed E-state index contributed by atoms with van der Waals surface area (Å²) < 4.78 is 0. The fraction of sp³-hybridized carbons (Fsp3) is 1.00. The molecule has 0 unspecified atom stereocenters. The van der Waals surface area contributed by atoms with Gasteiger partial charge < -0.3 is 0 Å². The average molecular weight is 165 g/mol. The summed E-state index contributed by atoms with van der Waals surface area (Å²) in [5, 5.41) is 0. The number of hydrogen-bond donors (Lipinski definition) is 0. The van der Waals surface area contributed by atoms with Gasteiger partial charge in [-0.1, -0.05) is 6.42 Å². The van der Waals surface area contributed by atoms with Crippen LogP contribution < -0.4 is 0 Å². The van der Waals surface area contributed by atoms with E-state index in [1.807, 2.05) is 0 Å². The molecule has 3 aliphatic rings. The van der Waals surface area contributed by atoms with Gasteiger partial charge >= 0.3 is 0 Å². The van der Waals surface area contributed by atoms with Crippen molar-refractivity contribution < 1.29 is 0 Å². The summed E-state index contributed by atoms with van der Waals surface area (Å²) in [5.74, 6) is 1.10. The third-order valence-corrected chi connectivity index (χ3v) is 4.42. The van der Waals surface area contributed by atoms with Gasteiger partial charge in [0.15, 0.2) is 0 Å². The maximum Gasteiger partial charge on any atom is 0.0130 e. The second-order valence-corrected chi connectivity index (χ2v) is 5.02. The summed E-state index contributed by atoms with van der Waals surface area (Å²) in [6.07, 6.45) is 9.04. The minimum absolute atomic E-state index is 0.906. The van der Waals surface area contributed by atoms with Gasteiger partial charge in [-0.25, -0.2) is 0 Å². The molecule has 0 amide bonds. The monoisotopic (exact) mass is 165 g/mol. The number of rotatable bonds is 0. The maximum absolute atomic E-state index is 2.86. The van der Waals surface area contributed by atoms with Crippen molar-refractivity contribution in [3.63, 3.8) is 0 Å². The van der Waals surface area contributed by atoms with Crippen LogP contribution in [0.2, 0.25) is 0 Å². The van der Waals surface area contributed by atoms with Crippen LogP contribution in [0.4, 0.5) is 0 Å². The molecule has 0 N–H and O–H groups in total. The van der Waals surface area contributed by atoms with Crippen molar-refractivity contribution in [3.05, 3.63) is 0 Å². The highest BCUT2D eigenvalue weighted by Gasteiger charge is 2.47. The van der Waals surface area contributed by atoms with Gasteiger partial charge in [-0.05, 0) is 44.9 Å². The molecule has 2 aliphatic heterocycles. The van der Waals surface area contributed by atoms with Crippen molar-refractivity contribution in [2.45, 2.75) is 63.6 Å². The van der Waals surface area contributed by atoms with Crippen molar-refractivity contribution in [2.24, 2.45) is 5.92 Å². The normalized spacial score (nSPS) is 52.8. The fourth-order valence-corrected chi connectivity index (χ4v) is 3.96. The molecule has 0 aromatic carbocycles. The topological polar surface area (TPSA) is 3.24 Å². The Morgan fingerprint density at radius 3 is 2.92 bits per heavy atom. The van der Waals surface area contributed by atoms with Crippen LogP contribution in [0.3, 0.4) is 0 Å². The summed E-state index contributed by atoms with van der Waals surface area (Å²) in [6.45, 7) is 2.43. The standard InChI is InChI=1S/C11H19N/c1-8-5-6-10-7-9-3-2-4-11(9)12(8)10/h8-11H,2-7H2,1H3/t8-,9-,10-,11+/m1/s1. The van der Waals surface area contributed by atoms with E-state index in [1.54, 1.807) is 0 Å². The third-order valence-electron chi connectivity index (χ3n) is 4.42. The van der Waals surface area contributed by atoms with Crippen LogP contribution in [-0.4, -0.2) is 23.0 Å². The van der Waals surface area contributed by atoms with Gasteiger partial charge in [0.2, 0.25) is 0 Å². The summed E-state index contributed by atoms with van der Waals surface area (Å²) in [4.78, 5) is 2.86. The van der Waals surface area contributed by atoms with Gasteiger partial charge in [-0.3, -0.25) is 4.90 Å². The predicted octanol–water partition coefficient (Wildman–Crippen LogP) is 2.41. The van der Waals surface area contributed by atoms with Crippen LogP contribution in [0, 0.1) is 5.92 Å². The third kappa shape index (κ3) is 0.834. The average Bonchev–Trinajstić information content (AvgIpc) is 2.61. The Morgan fingerprint density at radius 2 is 2.00 bits per heavy atom. The largest absolute Gasteiger partial charge is 0.294 e. The molecule has 4 atom stereocenters. The molecule has 2 saturated heterocycles. The van der Waals surface area contributed by atoms with Crippen LogP contribution in [-0.2, 0) is 0 Å². The summed E-state index contributed by atoms with van der Waals surface area (Å²) >= 11 is 0. The van der Waals surface area contributed by atoms with Gasteiger partial charge in [-0.15, -0.1) is 0 Å². The minimum Gasteiger partial charge on any atom is -0.294 e. The Bertz CT molecular complexity index is 189.